The molecule has 5 heteroatoms. The summed E-state index contributed by atoms with van der Waals surface area (Å²) in [6.07, 6.45) is 0. The second-order valence-electron chi connectivity index (χ2n) is 3.64. The van der Waals surface area contributed by atoms with Crippen molar-refractivity contribution in [2.75, 3.05) is 10.6 Å². The fourth-order valence-electron chi connectivity index (χ4n) is 1.41. The SMILES string of the molecule is Oc1cccc(NC(=S)Nc2ccc(F)cc2)c1. The molecule has 0 saturated carbocycles. The molecule has 0 heterocycles. The lowest BCUT2D eigenvalue weighted by atomic mass is 10.3. The van der Waals surface area contributed by atoms with E-state index in [0.717, 1.165) is 0 Å². The molecular weight excluding hydrogens is 251 g/mol. The third kappa shape index (κ3) is 3.43. The van der Waals surface area contributed by atoms with Gasteiger partial charge in [0.15, 0.2) is 5.11 Å². The quantitative estimate of drug-likeness (QED) is 0.726. The molecule has 0 radical (unpaired) electrons. The van der Waals surface area contributed by atoms with Gasteiger partial charge in [-0.25, -0.2) is 4.39 Å². The highest BCUT2D eigenvalue weighted by Gasteiger charge is 2.00. The topological polar surface area (TPSA) is 44.3 Å². The Balaban J connectivity index is 1.98. The van der Waals surface area contributed by atoms with E-state index >= 15 is 0 Å². The molecule has 3 nitrogen and oxygen atoms in total. The average molecular weight is 262 g/mol. The first-order chi connectivity index (χ1) is 8.63. The van der Waals surface area contributed by atoms with Crippen LogP contribution in [0.5, 0.6) is 5.75 Å². The Bertz CT molecular complexity index is 557. The van der Waals surface area contributed by atoms with Gasteiger partial charge in [-0.3, -0.25) is 0 Å². The number of aromatic hydroxyl groups is 1. The molecule has 0 aliphatic carbocycles. The largest absolute Gasteiger partial charge is 0.508 e. The minimum absolute atomic E-state index is 0.157. The molecule has 2 aromatic carbocycles. The van der Waals surface area contributed by atoms with E-state index in [1.165, 1.54) is 12.1 Å². The Hall–Kier alpha value is -2.14. The molecule has 0 aliphatic rings. The summed E-state index contributed by atoms with van der Waals surface area (Å²) >= 11 is 5.10. The molecule has 0 aliphatic heterocycles. The van der Waals surface area contributed by atoms with Crippen LogP contribution in [-0.4, -0.2) is 10.2 Å². The number of benzene rings is 2. The highest BCUT2D eigenvalue weighted by Crippen LogP contribution is 2.16. The Morgan fingerprint density at radius 2 is 1.67 bits per heavy atom. The molecule has 0 atom stereocenters. The lowest BCUT2D eigenvalue weighted by Gasteiger charge is -2.10. The van der Waals surface area contributed by atoms with Crippen LogP contribution in [0.25, 0.3) is 0 Å². The predicted molar refractivity (Wildman–Crippen MR) is 74.4 cm³/mol. The summed E-state index contributed by atoms with van der Waals surface area (Å²) in [5.74, 6) is -0.142. The molecule has 3 N–H and O–H groups in total. The van der Waals surface area contributed by atoms with E-state index in [-0.39, 0.29) is 11.6 Å². The number of phenolic OH excluding ortho intramolecular Hbond substituents is 1. The fourth-order valence-corrected chi connectivity index (χ4v) is 1.65. The number of thiocarbonyl (C=S) groups is 1. The summed E-state index contributed by atoms with van der Waals surface area (Å²) in [4.78, 5) is 0. The van der Waals surface area contributed by atoms with Crippen LogP contribution < -0.4 is 10.6 Å². The Labute approximate surface area is 109 Å². The lowest BCUT2D eigenvalue weighted by molar-refractivity contribution is 0.475. The van der Waals surface area contributed by atoms with Gasteiger partial charge in [0.1, 0.15) is 11.6 Å². The van der Waals surface area contributed by atoms with Crippen LogP contribution in [0.4, 0.5) is 15.8 Å². The number of hydrogen-bond donors (Lipinski definition) is 3. The normalized spacial score (nSPS) is 9.83. The van der Waals surface area contributed by atoms with Crippen molar-refractivity contribution in [2.24, 2.45) is 0 Å². The summed E-state index contributed by atoms with van der Waals surface area (Å²) in [7, 11) is 0. The average Bonchev–Trinajstić information content (AvgIpc) is 2.32. The Kier molecular flexibility index (Phi) is 3.74. The predicted octanol–water partition coefficient (Wildman–Crippen LogP) is 3.34. The van der Waals surface area contributed by atoms with Gasteiger partial charge in [0.2, 0.25) is 0 Å². The van der Waals surface area contributed by atoms with E-state index in [1.807, 2.05) is 0 Å². The maximum Gasteiger partial charge on any atom is 0.175 e. The van der Waals surface area contributed by atoms with Crippen molar-refractivity contribution in [3.8, 4) is 5.75 Å². The number of anilines is 2. The number of phenols is 1. The van der Waals surface area contributed by atoms with Crippen molar-refractivity contribution in [3.05, 3.63) is 54.3 Å². The second-order valence-corrected chi connectivity index (χ2v) is 4.04. The Morgan fingerprint density at radius 3 is 2.33 bits per heavy atom. The highest BCUT2D eigenvalue weighted by atomic mass is 32.1. The van der Waals surface area contributed by atoms with Crippen molar-refractivity contribution in [2.45, 2.75) is 0 Å². The van der Waals surface area contributed by atoms with Crippen molar-refractivity contribution in [1.29, 1.82) is 0 Å². The van der Waals surface area contributed by atoms with Crippen molar-refractivity contribution in [3.63, 3.8) is 0 Å². The van der Waals surface area contributed by atoms with Crippen LogP contribution in [0.1, 0.15) is 0 Å². The third-order valence-corrected chi connectivity index (χ3v) is 2.41. The summed E-state index contributed by atoms with van der Waals surface area (Å²) in [6, 6.07) is 12.5. The van der Waals surface area contributed by atoms with Crippen molar-refractivity contribution < 1.29 is 9.50 Å². The van der Waals surface area contributed by atoms with Gasteiger partial charge >= 0.3 is 0 Å². The zero-order valence-corrected chi connectivity index (χ0v) is 10.2. The van der Waals surface area contributed by atoms with E-state index < -0.39 is 0 Å². The molecule has 2 aromatic rings. The zero-order valence-electron chi connectivity index (χ0n) is 9.35. The van der Waals surface area contributed by atoms with Gasteiger partial charge in [-0.15, -0.1) is 0 Å². The van der Waals surface area contributed by atoms with Gasteiger partial charge in [-0.2, -0.15) is 0 Å². The maximum absolute atomic E-state index is 12.7. The molecule has 18 heavy (non-hydrogen) atoms. The summed E-state index contributed by atoms with van der Waals surface area (Å²) in [6.45, 7) is 0. The van der Waals surface area contributed by atoms with E-state index in [9.17, 15) is 9.50 Å². The monoisotopic (exact) mass is 262 g/mol. The summed E-state index contributed by atoms with van der Waals surface area (Å²) in [5, 5.41) is 15.5. The second kappa shape index (κ2) is 5.46. The number of halogens is 1. The van der Waals surface area contributed by atoms with Gasteiger partial charge in [0, 0.05) is 17.4 Å². The van der Waals surface area contributed by atoms with Crippen molar-refractivity contribution >= 4 is 28.7 Å². The third-order valence-electron chi connectivity index (χ3n) is 2.21. The van der Waals surface area contributed by atoms with E-state index in [4.69, 9.17) is 12.2 Å². The first-order valence-electron chi connectivity index (χ1n) is 5.26. The van der Waals surface area contributed by atoms with E-state index in [0.29, 0.717) is 16.5 Å². The molecule has 0 saturated heterocycles. The number of rotatable bonds is 2. The molecule has 0 aromatic heterocycles. The zero-order chi connectivity index (χ0) is 13.0. The summed E-state index contributed by atoms with van der Waals surface area (Å²) in [5.41, 5.74) is 1.36. The minimum atomic E-state index is -0.299. The molecule has 0 amide bonds. The lowest BCUT2D eigenvalue weighted by Crippen LogP contribution is -2.18. The molecule has 92 valence electrons. The van der Waals surface area contributed by atoms with Gasteiger partial charge in [0.05, 0.1) is 0 Å². The molecule has 0 spiro atoms. The molecule has 0 fully saturated rings. The summed E-state index contributed by atoms with van der Waals surface area (Å²) < 4.78 is 12.7. The van der Waals surface area contributed by atoms with Crippen LogP contribution in [0.2, 0.25) is 0 Å². The highest BCUT2D eigenvalue weighted by molar-refractivity contribution is 7.80. The van der Waals surface area contributed by atoms with Crippen LogP contribution in [0, 0.1) is 5.82 Å². The molecule has 2 rings (SSSR count). The van der Waals surface area contributed by atoms with Crippen LogP contribution in [0.15, 0.2) is 48.5 Å². The van der Waals surface area contributed by atoms with E-state index in [2.05, 4.69) is 10.6 Å². The maximum atomic E-state index is 12.7. The van der Waals surface area contributed by atoms with Crippen molar-refractivity contribution in [1.82, 2.24) is 0 Å². The minimum Gasteiger partial charge on any atom is -0.508 e. The number of hydrogen-bond acceptors (Lipinski definition) is 2. The Morgan fingerprint density at radius 1 is 1.00 bits per heavy atom. The first-order valence-corrected chi connectivity index (χ1v) is 5.67. The standard InChI is InChI=1S/C13H11FN2OS/c14-9-4-6-10(7-5-9)15-13(18)16-11-2-1-3-12(17)8-11/h1-8,17H,(H2,15,16,18). The first kappa shape index (κ1) is 12.3. The van der Waals surface area contributed by atoms with Gasteiger partial charge in [-0.1, -0.05) is 6.07 Å². The van der Waals surface area contributed by atoms with Crippen LogP contribution >= 0.6 is 12.2 Å². The van der Waals surface area contributed by atoms with Gasteiger partial charge < -0.3 is 15.7 Å². The van der Waals surface area contributed by atoms with E-state index in [1.54, 1.807) is 36.4 Å². The van der Waals surface area contributed by atoms with Crippen LogP contribution in [0.3, 0.4) is 0 Å². The molecule has 0 bridgehead atoms. The van der Waals surface area contributed by atoms with Crippen LogP contribution in [-0.2, 0) is 0 Å². The fraction of sp³-hybridized carbons (Fsp3) is 0. The number of nitrogens with one attached hydrogen (secondary N) is 2. The molecule has 0 unspecified atom stereocenters. The smallest absolute Gasteiger partial charge is 0.175 e. The van der Waals surface area contributed by atoms with Gasteiger partial charge in [0.25, 0.3) is 0 Å². The molecular formula is C13H11FN2OS. The van der Waals surface area contributed by atoms with Gasteiger partial charge in [-0.05, 0) is 48.6 Å².